The second-order valence-electron chi connectivity index (χ2n) is 4.69. The Labute approximate surface area is 146 Å². The third kappa shape index (κ3) is 6.68. The Hall–Kier alpha value is -2.81. The Balaban J connectivity index is 1.58. The van der Waals surface area contributed by atoms with Crippen LogP contribution in [0.2, 0.25) is 0 Å². The summed E-state index contributed by atoms with van der Waals surface area (Å²) in [5.41, 5.74) is 4.22. The van der Waals surface area contributed by atoms with E-state index in [1.807, 2.05) is 0 Å². The van der Waals surface area contributed by atoms with E-state index in [1.165, 1.54) is 42.3 Å². The first-order valence-corrected chi connectivity index (χ1v) is 8.20. The lowest BCUT2D eigenvalue weighted by molar-refractivity contribution is -0.148. The Kier molecular flexibility index (Phi) is 7.02. The van der Waals surface area contributed by atoms with Gasteiger partial charge in [0.25, 0.3) is 5.91 Å². The molecule has 7 nitrogen and oxygen atoms in total. The highest BCUT2D eigenvalue weighted by molar-refractivity contribution is 7.99. The predicted octanol–water partition coefficient (Wildman–Crippen LogP) is 1.91. The Bertz CT molecular complexity index is 719. The number of nitrogens with one attached hydrogen (secondary N) is 2. The van der Waals surface area contributed by atoms with Gasteiger partial charge >= 0.3 is 11.9 Å². The van der Waals surface area contributed by atoms with E-state index in [9.17, 15) is 18.8 Å². The molecule has 2 aromatic rings. The first kappa shape index (κ1) is 18.5. The summed E-state index contributed by atoms with van der Waals surface area (Å²) in [6, 6.07) is 8.85. The molecular formula is C16H15FN2O5S. The number of ether oxygens (including phenoxy) is 1. The number of esters is 1. The maximum Gasteiger partial charge on any atom is 0.307 e. The van der Waals surface area contributed by atoms with E-state index in [0.717, 1.165) is 4.90 Å². The van der Waals surface area contributed by atoms with Crippen LogP contribution >= 0.6 is 11.8 Å². The minimum absolute atomic E-state index is 0.0371. The first-order valence-electron chi connectivity index (χ1n) is 7.21. The van der Waals surface area contributed by atoms with Crippen molar-refractivity contribution in [2.75, 3.05) is 12.4 Å². The highest BCUT2D eigenvalue weighted by atomic mass is 32.2. The van der Waals surface area contributed by atoms with Gasteiger partial charge in [0.2, 0.25) is 0 Å². The number of rotatable bonds is 7. The standard InChI is InChI=1S/C16H15FN2O5S/c17-11-3-5-12(6-4-11)25-9-7-15(21)24-10-14(20)18-19-16(22)13-2-1-8-23-13/h1-6,8H,7,9-10H2,(H,18,20)(H,19,22). The van der Waals surface area contributed by atoms with Crippen LogP contribution in [0, 0.1) is 5.82 Å². The molecule has 0 fully saturated rings. The molecule has 0 radical (unpaired) electrons. The van der Waals surface area contributed by atoms with Crippen molar-refractivity contribution in [3.8, 4) is 0 Å². The van der Waals surface area contributed by atoms with Gasteiger partial charge in [0, 0.05) is 10.6 Å². The van der Waals surface area contributed by atoms with E-state index >= 15 is 0 Å². The SMILES string of the molecule is O=C(COC(=O)CCSc1ccc(F)cc1)NNC(=O)c1ccco1. The second kappa shape index (κ2) is 9.48. The van der Waals surface area contributed by atoms with Crippen molar-refractivity contribution < 1.29 is 27.9 Å². The van der Waals surface area contributed by atoms with E-state index in [0.29, 0.717) is 5.75 Å². The molecule has 1 aromatic carbocycles. The molecule has 0 aliphatic rings. The summed E-state index contributed by atoms with van der Waals surface area (Å²) in [4.78, 5) is 35.3. The Morgan fingerprint density at radius 3 is 2.56 bits per heavy atom. The van der Waals surface area contributed by atoms with Gasteiger partial charge in [-0.05, 0) is 36.4 Å². The topological polar surface area (TPSA) is 97.6 Å². The van der Waals surface area contributed by atoms with Gasteiger partial charge in [-0.15, -0.1) is 11.8 Å². The van der Waals surface area contributed by atoms with Gasteiger partial charge in [-0.1, -0.05) is 0 Å². The number of halogens is 1. The monoisotopic (exact) mass is 366 g/mol. The van der Waals surface area contributed by atoms with Crippen LogP contribution in [-0.4, -0.2) is 30.1 Å². The number of hydrogen-bond acceptors (Lipinski definition) is 6. The fourth-order valence-corrected chi connectivity index (χ4v) is 2.47. The van der Waals surface area contributed by atoms with E-state index in [-0.39, 0.29) is 18.0 Å². The van der Waals surface area contributed by atoms with Crippen molar-refractivity contribution in [1.82, 2.24) is 10.9 Å². The summed E-state index contributed by atoms with van der Waals surface area (Å²) in [7, 11) is 0. The van der Waals surface area contributed by atoms with Crippen LogP contribution < -0.4 is 10.9 Å². The van der Waals surface area contributed by atoms with Crippen LogP contribution in [0.15, 0.2) is 52.0 Å². The average molecular weight is 366 g/mol. The molecular weight excluding hydrogens is 351 g/mol. The third-order valence-corrected chi connectivity index (χ3v) is 3.83. The molecule has 2 amide bonds. The lowest BCUT2D eigenvalue weighted by Crippen LogP contribution is -2.43. The maximum absolute atomic E-state index is 12.8. The molecule has 0 aliphatic heterocycles. The highest BCUT2D eigenvalue weighted by Gasteiger charge is 2.11. The van der Waals surface area contributed by atoms with Gasteiger partial charge in [0.1, 0.15) is 5.82 Å². The molecule has 1 heterocycles. The van der Waals surface area contributed by atoms with Crippen molar-refractivity contribution in [3.05, 3.63) is 54.2 Å². The molecule has 0 saturated heterocycles. The van der Waals surface area contributed by atoms with E-state index in [2.05, 4.69) is 10.9 Å². The van der Waals surface area contributed by atoms with Crippen molar-refractivity contribution in [2.45, 2.75) is 11.3 Å². The van der Waals surface area contributed by atoms with Crippen LogP contribution in [0.5, 0.6) is 0 Å². The summed E-state index contributed by atoms with van der Waals surface area (Å²) in [5.74, 6) is -1.72. The second-order valence-corrected chi connectivity index (χ2v) is 5.86. The normalized spacial score (nSPS) is 10.1. The molecule has 1 aromatic heterocycles. The largest absolute Gasteiger partial charge is 0.459 e. The molecule has 0 unspecified atom stereocenters. The summed E-state index contributed by atoms with van der Waals surface area (Å²) in [5, 5.41) is 0. The number of carbonyl (C=O) groups is 3. The fraction of sp³-hybridized carbons (Fsp3) is 0.188. The molecule has 0 bridgehead atoms. The fourth-order valence-electron chi connectivity index (χ4n) is 1.63. The number of amides is 2. The van der Waals surface area contributed by atoms with Crippen LogP contribution in [0.4, 0.5) is 4.39 Å². The number of thioether (sulfide) groups is 1. The molecule has 0 aliphatic carbocycles. The molecule has 9 heteroatoms. The minimum Gasteiger partial charge on any atom is -0.459 e. The van der Waals surface area contributed by atoms with Crippen LogP contribution in [0.3, 0.4) is 0 Å². The lowest BCUT2D eigenvalue weighted by atomic mass is 10.4. The van der Waals surface area contributed by atoms with Crippen LogP contribution in [-0.2, 0) is 14.3 Å². The molecule has 0 atom stereocenters. The van der Waals surface area contributed by atoms with E-state index in [4.69, 9.17) is 9.15 Å². The van der Waals surface area contributed by atoms with Crippen molar-refractivity contribution in [2.24, 2.45) is 0 Å². The van der Waals surface area contributed by atoms with Gasteiger partial charge < -0.3 is 9.15 Å². The number of carbonyl (C=O) groups excluding carboxylic acids is 3. The first-order chi connectivity index (χ1) is 12.0. The summed E-state index contributed by atoms with van der Waals surface area (Å²) >= 11 is 1.37. The van der Waals surface area contributed by atoms with Gasteiger partial charge in [-0.25, -0.2) is 4.39 Å². The van der Waals surface area contributed by atoms with Gasteiger partial charge in [-0.3, -0.25) is 25.2 Å². The number of furan rings is 1. The molecule has 25 heavy (non-hydrogen) atoms. The molecule has 132 valence electrons. The highest BCUT2D eigenvalue weighted by Crippen LogP contribution is 2.18. The summed E-state index contributed by atoms with van der Waals surface area (Å²) in [6.07, 6.45) is 1.41. The number of benzene rings is 1. The Morgan fingerprint density at radius 2 is 1.88 bits per heavy atom. The minimum atomic E-state index is -0.681. The van der Waals surface area contributed by atoms with Crippen LogP contribution in [0.1, 0.15) is 17.0 Å². The van der Waals surface area contributed by atoms with E-state index < -0.39 is 24.4 Å². The number of hydrogen-bond donors (Lipinski definition) is 2. The zero-order valence-electron chi connectivity index (χ0n) is 13.0. The van der Waals surface area contributed by atoms with E-state index in [1.54, 1.807) is 12.1 Å². The molecule has 0 saturated carbocycles. The summed E-state index contributed by atoms with van der Waals surface area (Å²) in [6.45, 7) is -0.515. The van der Waals surface area contributed by atoms with Gasteiger partial charge in [0.15, 0.2) is 12.4 Å². The smallest absolute Gasteiger partial charge is 0.307 e. The summed E-state index contributed by atoms with van der Waals surface area (Å²) < 4.78 is 22.4. The van der Waals surface area contributed by atoms with Gasteiger partial charge in [0.05, 0.1) is 12.7 Å². The number of hydrazine groups is 1. The third-order valence-electron chi connectivity index (χ3n) is 2.81. The average Bonchev–Trinajstić information content (AvgIpc) is 3.14. The van der Waals surface area contributed by atoms with Crippen molar-refractivity contribution in [1.29, 1.82) is 0 Å². The van der Waals surface area contributed by atoms with Crippen molar-refractivity contribution in [3.63, 3.8) is 0 Å². The van der Waals surface area contributed by atoms with Crippen molar-refractivity contribution >= 4 is 29.5 Å². The van der Waals surface area contributed by atoms with Gasteiger partial charge in [-0.2, -0.15) is 0 Å². The predicted molar refractivity (Wildman–Crippen MR) is 87.0 cm³/mol. The maximum atomic E-state index is 12.8. The zero-order valence-corrected chi connectivity index (χ0v) is 13.8. The van der Waals surface area contributed by atoms with Crippen LogP contribution in [0.25, 0.3) is 0 Å². The molecule has 2 N–H and O–H groups in total. The zero-order chi connectivity index (χ0) is 18.1. The Morgan fingerprint density at radius 1 is 1.12 bits per heavy atom. The quantitative estimate of drug-likeness (QED) is 0.441. The molecule has 0 spiro atoms. The lowest BCUT2D eigenvalue weighted by Gasteiger charge is -2.07. The molecule has 2 rings (SSSR count).